The van der Waals surface area contributed by atoms with Crippen LogP contribution in [0.5, 0.6) is 5.75 Å². The van der Waals surface area contributed by atoms with Crippen molar-refractivity contribution in [1.29, 1.82) is 0 Å². The second-order valence-electron chi connectivity index (χ2n) is 3.49. The topological polar surface area (TPSA) is 90.7 Å². The van der Waals surface area contributed by atoms with Crippen LogP contribution in [0, 0.1) is 6.92 Å². The van der Waals surface area contributed by atoms with Crippen molar-refractivity contribution < 1.29 is 22.7 Å². The lowest BCUT2D eigenvalue weighted by Crippen LogP contribution is -2.24. The molecule has 0 unspecified atom stereocenters. The van der Waals surface area contributed by atoms with E-state index in [0.717, 1.165) is 6.07 Å². The van der Waals surface area contributed by atoms with Gasteiger partial charge in [-0.1, -0.05) is 0 Å². The summed E-state index contributed by atoms with van der Waals surface area (Å²) in [5.74, 6) is -1.88. The summed E-state index contributed by atoms with van der Waals surface area (Å²) in [6, 6.07) is 2.22. The number of hydrogen-bond acceptors (Lipinski definition) is 2. The third-order valence-electron chi connectivity index (χ3n) is 1.97. The van der Waals surface area contributed by atoms with E-state index in [0.29, 0.717) is 5.56 Å². The van der Waals surface area contributed by atoms with Crippen molar-refractivity contribution in [3.8, 4) is 5.75 Å². The first-order chi connectivity index (χ1) is 8.60. The van der Waals surface area contributed by atoms with Gasteiger partial charge >= 0.3 is 6.36 Å². The monoisotopic (exact) mass is 339 g/mol. The van der Waals surface area contributed by atoms with Crippen molar-refractivity contribution in [1.82, 2.24) is 0 Å². The molecule has 4 N–H and O–H groups in total. The number of alkyl halides is 3. The van der Waals surface area contributed by atoms with Gasteiger partial charge in [0.25, 0.3) is 5.91 Å². The number of halogens is 4. The molecule has 1 rings (SSSR count). The molecular weight excluding hydrogens is 331 g/mol. The first-order valence-corrected chi connectivity index (χ1v) is 5.59. The third kappa shape index (κ3) is 4.43. The van der Waals surface area contributed by atoms with Gasteiger partial charge in [0.05, 0.1) is 4.47 Å². The molecule has 104 valence electrons. The van der Waals surface area contributed by atoms with E-state index in [1.54, 1.807) is 0 Å². The molecule has 0 radical (unpaired) electrons. The number of carbonyl (C=O) groups excluding carboxylic acids is 1. The molecule has 9 heteroatoms. The fourth-order valence-electron chi connectivity index (χ4n) is 1.26. The second kappa shape index (κ2) is 5.47. The van der Waals surface area contributed by atoms with E-state index in [-0.39, 0.29) is 10.0 Å². The summed E-state index contributed by atoms with van der Waals surface area (Å²) in [5.41, 5.74) is 10.4. The SMILES string of the molecule is Cc1cc(Br)c(OC(F)(F)F)cc1C(=O)N=C(N)N. The lowest BCUT2D eigenvalue weighted by Gasteiger charge is -2.12. The molecule has 0 aliphatic carbocycles. The standard InChI is InChI=1S/C10H9BrF3N3O2/c1-4-2-6(11)7(19-10(12,13)14)3-5(4)8(18)17-9(15)16/h2-3H,1H3,(H4,15,16,17,18). The van der Waals surface area contributed by atoms with E-state index < -0.39 is 24.0 Å². The number of guanidine groups is 1. The average molecular weight is 340 g/mol. The molecule has 0 spiro atoms. The Bertz CT molecular complexity index is 540. The Balaban J connectivity index is 3.24. The minimum Gasteiger partial charge on any atom is -0.405 e. The Labute approximate surface area is 114 Å². The number of rotatable bonds is 2. The number of aliphatic imine (C=N–C) groups is 1. The molecule has 0 heterocycles. The summed E-state index contributed by atoms with van der Waals surface area (Å²) in [7, 11) is 0. The molecule has 0 atom stereocenters. The second-order valence-corrected chi connectivity index (χ2v) is 4.34. The Morgan fingerprint density at radius 2 is 1.95 bits per heavy atom. The van der Waals surface area contributed by atoms with Crippen LogP contribution < -0.4 is 16.2 Å². The van der Waals surface area contributed by atoms with E-state index in [4.69, 9.17) is 11.5 Å². The molecule has 1 amide bonds. The van der Waals surface area contributed by atoms with Gasteiger partial charge in [-0.25, -0.2) is 0 Å². The van der Waals surface area contributed by atoms with Gasteiger partial charge in [-0.05, 0) is 40.5 Å². The van der Waals surface area contributed by atoms with Crippen LogP contribution in [-0.4, -0.2) is 18.2 Å². The number of amides is 1. The van der Waals surface area contributed by atoms with E-state index in [9.17, 15) is 18.0 Å². The lowest BCUT2D eigenvalue weighted by molar-refractivity contribution is -0.274. The number of nitrogens with two attached hydrogens (primary N) is 2. The minimum atomic E-state index is -4.87. The van der Waals surface area contributed by atoms with Gasteiger partial charge in [0.2, 0.25) is 0 Å². The zero-order chi connectivity index (χ0) is 14.8. The van der Waals surface area contributed by atoms with Gasteiger partial charge in [0, 0.05) is 5.56 Å². The Kier molecular flexibility index (Phi) is 4.40. The van der Waals surface area contributed by atoms with Crippen molar-refractivity contribution in [2.45, 2.75) is 13.3 Å². The maximum absolute atomic E-state index is 12.2. The van der Waals surface area contributed by atoms with Crippen LogP contribution in [-0.2, 0) is 0 Å². The average Bonchev–Trinajstić information content (AvgIpc) is 2.19. The highest BCUT2D eigenvalue weighted by Crippen LogP contribution is 2.33. The molecule has 0 aliphatic heterocycles. The fourth-order valence-corrected chi connectivity index (χ4v) is 1.80. The van der Waals surface area contributed by atoms with Crippen molar-refractivity contribution in [3.05, 3.63) is 27.7 Å². The molecule has 19 heavy (non-hydrogen) atoms. The van der Waals surface area contributed by atoms with Crippen LogP contribution in [0.25, 0.3) is 0 Å². The van der Waals surface area contributed by atoms with Gasteiger partial charge in [0.15, 0.2) is 5.96 Å². The van der Waals surface area contributed by atoms with Crippen LogP contribution in [0.2, 0.25) is 0 Å². The van der Waals surface area contributed by atoms with Crippen LogP contribution in [0.15, 0.2) is 21.6 Å². The summed E-state index contributed by atoms with van der Waals surface area (Å²) in [4.78, 5) is 14.9. The normalized spacial score (nSPS) is 11.0. The smallest absolute Gasteiger partial charge is 0.405 e. The molecule has 0 aliphatic rings. The molecule has 1 aromatic rings. The molecule has 0 aromatic heterocycles. The first kappa shape index (κ1) is 15.3. The van der Waals surface area contributed by atoms with Crippen LogP contribution in [0.4, 0.5) is 13.2 Å². The number of ether oxygens (including phenoxy) is 1. The van der Waals surface area contributed by atoms with Crippen molar-refractivity contribution in [2.24, 2.45) is 16.5 Å². The van der Waals surface area contributed by atoms with E-state index in [1.807, 2.05) is 0 Å². The van der Waals surface area contributed by atoms with Gasteiger partial charge in [-0.2, -0.15) is 4.99 Å². The van der Waals surface area contributed by atoms with Crippen LogP contribution in [0.3, 0.4) is 0 Å². The van der Waals surface area contributed by atoms with Gasteiger partial charge in [-0.3, -0.25) is 4.79 Å². The van der Waals surface area contributed by atoms with Crippen molar-refractivity contribution >= 4 is 27.8 Å². The van der Waals surface area contributed by atoms with E-state index >= 15 is 0 Å². The molecular formula is C10H9BrF3N3O2. The summed E-state index contributed by atoms with van der Waals surface area (Å²) in [6.45, 7) is 1.53. The summed E-state index contributed by atoms with van der Waals surface area (Å²) in [5, 5.41) is 0. The highest BCUT2D eigenvalue weighted by molar-refractivity contribution is 9.10. The van der Waals surface area contributed by atoms with Gasteiger partial charge in [-0.15, -0.1) is 13.2 Å². The van der Waals surface area contributed by atoms with Gasteiger partial charge < -0.3 is 16.2 Å². The summed E-state index contributed by atoms with van der Waals surface area (Å²) in [6.07, 6.45) is -4.87. The van der Waals surface area contributed by atoms with E-state index in [1.165, 1.54) is 13.0 Å². The molecule has 0 saturated carbocycles. The first-order valence-electron chi connectivity index (χ1n) is 4.80. The molecule has 5 nitrogen and oxygen atoms in total. The predicted octanol–water partition coefficient (Wildman–Crippen LogP) is 2.07. The quantitative estimate of drug-likeness (QED) is 0.637. The molecule has 0 fully saturated rings. The number of aryl methyl sites for hydroxylation is 1. The van der Waals surface area contributed by atoms with Gasteiger partial charge in [0.1, 0.15) is 5.75 Å². The summed E-state index contributed by atoms with van der Waals surface area (Å²) < 4.78 is 40.3. The molecule has 1 aromatic carbocycles. The molecule has 0 saturated heterocycles. The van der Waals surface area contributed by atoms with Crippen LogP contribution >= 0.6 is 15.9 Å². The highest BCUT2D eigenvalue weighted by atomic mass is 79.9. The van der Waals surface area contributed by atoms with Crippen molar-refractivity contribution in [3.63, 3.8) is 0 Å². The van der Waals surface area contributed by atoms with Crippen molar-refractivity contribution in [2.75, 3.05) is 0 Å². The number of nitrogens with zero attached hydrogens (tertiary/aromatic N) is 1. The lowest BCUT2D eigenvalue weighted by atomic mass is 10.1. The maximum atomic E-state index is 12.2. The number of benzene rings is 1. The largest absolute Gasteiger partial charge is 0.573 e. The predicted molar refractivity (Wildman–Crippen MR) is 65.7 cm³/mol. The van der Waals surface area contributed by atoms with Crippen LogP contribution in [0.1, 0.15) is 15.9 Å². The van der Waals surface area contributed by atoms with E-state index in [2.05, 4.69) is 25.7 Å². The molecule has 0 bridgehead atoms. The maximum Gasteiger partial charge on any atom is 0.573 e. The Hall–Kier alpha value is -1.77. The zero-order valence-electron chi connectivity index (χ0n) is 9.58. The third-order valence-corrected chi connectivity index (χ3v) is 2.59. The fraction of sp³-hybridized carbons (Fsp3) is 0.200. The number of hydrogen-bond donors (Lipinski definition) is 2. The number of carbonyl (C=O) groups is 1. The zero-order valence-corrected chi connectivity index (χ0v) is 11.2. The Morgan fingerprint density at radius 1 is 1.37 bits per heavy atom. The highest BCUT2D eigenvalue weighted by Gasteiger charge is 2.32. The Morgan fingerprint density at radius 3 is 2.42 bits per heavy atom. The summed E-state index contributed by atoms with van der Waals surface area (Å²) >= 11 is 2.91. The minimum absolute atomic E-state index is 0.0589.